The monoisotopic (exact) mass is 552 g/mol. The van der Waals surface area contributed by atoms with Gasteiger partial charge in [-0.05, 0) is 71.1 Å². The fourth-order valence-electron chi connectivity index (χ4n) is 4.39. The molecule has 1 aromatic carbocycles. The minimum Gasteiger partial charge on any atom is -0.489 e. The Bertz CT molecular complexity index is 1130. The Labute approximate surface area is 242 Å². The molecule has 2 rings (SSSR count). The molecule has 0 unspecified atom stereocenters. The van der Waals surface area contributed by atoms with Gasteiger partial charge in [-0.3, -0.25) is 0 Å². The number of hydrogen-bond acceptors (Lipinski definition) is 5. The Kier molecular flexibility index (Phi) is 16.6. The van der Waals surface area contributed by atoms with Crippen molar-refractivity contribution in [3.05, 3.63) is 64.1 Å². The molecule has 0 aliphatic rings. The molecule has 5 nitrogen and oxygen atoms in total. The van der Waals surface area contributed by atoms with Gasteiger partial charge in [0.2, 0.25) is 5.75 Å². The molecule has 0 N–H and O–H groups in total. The molecule has 1 aromatic heterocycles. The third kappa shape index (κ3) is 12.9. The van der Waals surface area contributed by atoms with E-state index in [1.54, 1.807) is 6.07 Å². The number of unbranched alkanes of at least 4 members (excludes halogenated alkanes) is 7. The van der Waals surface area contributed by atoms with Gasteiger partial charge in [-0.1, -0.05) is 88.2 Å². The summed E-state index contributed by atoms with van der Waals surface area (Å²) in [5.41, 5.74) is 2.55. The molecule has 2 aromatic rings. The molecule has 222 valence electrons. The van der Waals surface area contributed by atoms with Crippen molar-refractivity contribution in [3.63, 3.8) is 0 Å². The second kappa shape index (κ2) is 20.0. The Morgan fingerprint density at radius 3 is 2.25 bits per heavy atom. The van der Waals surface area contributed by atoms with Crippen LogP contribution in [0.1, 0.15) is 112 Å². The quantitative estimate of drug-likeness (QED) is 0.0876. The van der Waals surface area contributed by atoms with E-state index in [0.717, 1.165) is 38.5 Å². The molecule has 0 aliphatic heterocycles. The zero-order valence-electron chi connectivity index (χ0n) is 25.7. The van der Waals surface area contributed by atoms with E-state index in [4.69, 9.17) is 18.6 Å². The van der Waals surface area contributed by atoms with Crippen LogP contribution in [0, 0.1) is 0 Å². The zero-order valence-corrected chi connectivity index (χ0v) is 25.7. The van der Waals surface area contributed by atoms with Crippen molar-refractivity contribution in [3.8, 4) is 17.2 Å². The van der Waals surface area contributed by atoms with Gasteiger partial charge in [-0.2, -0.15) is 0 Å². The standard InChI is InChI=1S/C35H52O5/c1-6-8-10-12-13-14-15-17-25-39-34-33(38-24-16-11-9-7-2)31-22-21-30(27-32(31)40-35(34)36)37-26-23-29(5)20-18-19-28(3)4/h9,11,19,21-23,27H,6-8,10,12-18,20,24-26H2,1-5H3. The minimum atomic E-state index is -0.515. The van der Waals surface area contributed by atoms with E-state index in [9.17, 15) is 4.79 Å². The molecular formula is C35H52O5. The summed E-state index contributed by atoms with van der Waals surface area (Å²) in [7, 11) is 0. The van der Waals surface area contributed by atoms with Gasteiger partial charge in [0, 0.05) is 6.07 Å². The van der Waals surface area contributed by atoms with E-state index in [1.165, 1.54) is 49.7 Å². The molecule has 40 heavy (non-hydrogen) atoms. The second-order valence-corrected chi connectivity index (χ2v) is 10.7. The molecule has 0 aliphatic carbocycles. The van der Waals surface area contributed by atoms with Crippen LogP contribution in [0.4, 0.5) is 0 Å². The lowest BCUT2D eigenvalue weighted by Gasteiger charge is -2.14. The summed E-state index contributed by atoms with van der Waals surface area (Å²) >= 11 is 0. The van der Waals surface area contributed by atoms with Crippen molar-refractivity contribution in [2.24, 2.45) is 0 Å². The highest BCUT2D eigenvalue weighted by Gasteiger charge is 2.18. The van der Waals surface area contributed by atoms with Gasteiger partial charge in [-0.15, -0.1) is 0 Å². The SMILES string of the molecule is CCC=CCCOc1c(OCCCCCCCCCC)c(=O)oc2cc(OCC=C(C)CCC=C(C)C)ccc12. The fraction of sp³-hybridized carbons (Fsp3) is 0.571. The lowest BCUT2D eigenvalue weighted by Crippen LogP contribution is -2.12. The molecule has 0 bridgehead atoms. The third-order valence-electron chi connectivity index (χ3n) is 6.74. The van der Waals surface area contributed by atoms with Gasteiger partial charge in [0.15, 0.2) is 5.75 Å². The Balaban J connectivity index is 2.07. The molecule has 0 saturated carbocycles. The number of fused-ring (bicyclic) bond motifs is 1. The van der Waals surface area contributed by atoms with E-state index in [2.05, 4.69) is 58.9 Å². The molecule has 0 atom stereocenters. The maximum atomic E-state index is 13.0. The maximum absolute atomic E-state index is 13.0. The van der Waals surface area contributed by atoms with Crippen LogP contribution in [0.2, 0.25) is 0 Å². The third-order valence-corrected chi connectivity index (χ3v) is 6.74. The first-order valence-electron chi connectivity index (χ1n) is 15.4. The fourth-order valence-corrected chi connectivity index (χ4v) is 4.39. The van der Waals surface area contributed by atoms with Crippen LogP contribution in [0.3, 0.4) is 0 Å². The topological polar surface area (TPSA) is 57.9 Å². The average molecular weight is 553 g/mol. The summed E-state index contributed by atoms with van der Waals surface area (Å²) in [5.74, 6) is 1.27. The first-order valence-corrected chi connectivity index (χ1v) is 15.4. The summed E-state index contributed by atoms with van der Waals surface area (Å²) in [4.78, 5) is 13.0. The largest absolute Gasteiger partial charge is 0.489 e. The van der Waals surface area contributed by atoms with E-state index in [-0.39, 0.29) is 5.75 Å². The first kappa shape index (κ1) is 33.3. The summed E-state index contributed by atoms with van der Waals surface area (Å²) in [5, 5.41) is 0.714. The number of allylic oxidation sites excluding steroid dienone is 4. The molecule has 0 spiro atoms. The Morgan fingerprint density at radius 2 is 1.52 bits per heavy atom. The number of benzene rings is 1. The lowest BCUT2D eigenvalue weighted by atomic mass is 10.1. The van der Waals surface area contributed by atoms with Gasteiger partial charge in [0.1, 0.15) is 17.9 Å². The van der Waals surface area contributed by atoms with Crippen LogP contribution in [-0.2, 0) is 0 Å². The number of ether oxygens (including phenoxy) is 3. The molecular weight excluding hydrogens is 500 g/mol. The summed E-state index contributed by atoms with van der Waals surface area (Å²) < 4.78 is 23.7. The number of hydrogen-bond donors (Lipinski definition) is 0. The van der Waals surface area contributed by atoms with Crippen molar-refractivity contribution in [1.82, 2.24) is 0 Å². The highest BCUT2D eigenvalue weighted by atomic mass is 16.5. The van der Waals surface area contributed by atoms with Crippen LogP contribution in [0.25, 0.3) is 11.0 Å². The average Bonchev–Trinajstić information content (AvgIpc) is 2.92. The van der Waals surface area contributed by atoms with Gasteiger partial charge >= 0.3 is 5.63 Å². The van der Waals surface area contributed by atoms with Crippen LogP contribution in [-0.4, -0.2) is 19.8 Å². The van der Waals surface area contributed by atoms with E-state index >= 15 is 0 Å². The first-order chi connectivity index (χ1) is 19.5. The smallest absolute Gasteiger partial charge is 0.383 e. The molecule has 0 fully saturated rings. The van der Waals surface area contributed by atoms with E-state index in [0.29, 0.717) is 42.3 Å². The van der Waals surface area contributed by atoms with Crippen LogP contribution in [0.5, 0.6) is 17.2 Å². The summed E-state index contributed by atoms with van der Waals surface area (Å²) in [6.07, 6.45) is 22.0. The normalized spacial score (nSPS) is 11.8. The Morgan fingerprint density at radius 1 is 0.800 bits per heavy atom. The van der Waals surface area contributed by atoms with E-state index in [1.807, 2.05) is 12.1 Å². The molecule has 5 heteroatoms. The minimum absolute atomic E-state index is 0.165. The number of rotatable bonds is 21. The zero-order chi connectivity index (χ0) is 29.0. The van der Waals surface area contributed by atoms with Crippen molar-refractivity contribution >= 4 is 11.0 Å². The van der Waals surface area contributed by atoms with Crippen LogP contribution >= 0.6 is 0 Å². The predicted octanol–water partition coefficient (Wildman–Crippen LogP) is 10.1. The predicted molar refractivity (Wildman–Crippen MR) is 168 cm³/mol. The highest BCUT2D eigenvalue weighted by molar-refractivity contribution is 5.86. The van der Waals surface area contributed by atoms with Crippen LogP contribution in [0.15, 0.2) is 62.9 Å². The van der Waals surface area contributed by atoms with Gasteiger partial charge < -0.3 is 18.6 Å². The molecule has 1 heterocycles. The van der Waals surface area contributed by atoms with Gasteiger partial charge in [0.05, 0.1) is 18.6 Å². The lowest BCUT2D eigenvalue weighted by molar-refractivity contribution is 0.256. The summed E-state index contributed by atoms with van der Waals surface area (Å²) in [6.45, 7) is 12.1. The Hall–Kier alpha value is -2.95. The van der Waals surface area contributed by atoms with Crippen molar-refractivity contribution in [1.29, 1.82) is 0 Å². The molecule has 0 radical (unpaired) electrons. The van der Waals surface area contributed by atoms with Crippen LogP contribution < -0.4 is 19.8 Å². The van der Waals surface area contributed by atoms with Crippen molar-refractivity contribution in [2.75, 3.05) is 19.8 Å². The van der Waals surface area contributed by atoms with Gasteiger partial charge in [-0.25, -0.2) is 4.79 Å². The highest BCUT2D eigenvalue weighted by Crippen LogP contribution is 2.35. The second-order valence-electron chi connectivity index (χ2n) is 10.7. The molecule has 0 saturated heterocycles. The molecule has 0 amide bonds. The van der Waals surface area contributed by atoms with Gasteiger partial charge in [0.25, 0.3) is 0 Å². The van der Waals surface area contributed by atoms with Crippen molar-refractivity contribution in [2.45, 2.75) is 112 Å². The summed E-state index contributed by atoms with van der Waals surface area (Å²) in [6, 6.07) is 5.54. The van der Waals surface area contributed by atoms with E-state index < -0.39 is 5.63 Å². The van der Waals surface area contributed by atoms with Crippen molar-refractivity contribution < 1.29 is 18.6 Å². The maximum Gasteiger partial charge on any atom is 0.383 e.